The fraction of sp³-hybridized carbons (Fsp3) is 0.0714. The largest absolute Gasteiger partial charge is 0.354 e. The summed E-state index contributed by atoms with van der Waals surface area (Å²) in [4.78, 5) is 0.471. The number of hydrogen-bond acceptors (Lipinski definition) is 3. The Morgan fingerprint density at radius 1 is 1.15 bits per heavy atom. The molecule has 0 amide bonds. The van der Waals surface area contributed by atoms with Gasteiger partial charge in [0.1, 0.15) is 0 Å². The number of nitrogens with one attached hydrogen (secondary N) is 1. The van der Waals surface area contributed by atoms with Crippen molar-refractivity contribution in [2.45, 2.75) is 10.7 Å². The number of hydrogen-bond donors (Lipinski definition) is 1. The molecule has 2 aromatic rings. The molecule has 0 heterocycles. The van der Waals surface area contributed by atoms with Crippen LogP contribution in [0, 0.1) is 11.3 Å². The maximum atomic E-state index is 12.5. The van der Waals surface area contributed by atoms with Crippen LogP contribution in [0.4, 0.5) is 20.2 Å². The molecule has 0 saturated carbocycles. The number of nitrogens with zero attached hydrogens (tertiary/aromatic N) is 1. The molecule has 0 aliphatic carbocycles. The topological polar surface area (TPSA) is 35.8 Å². The van der Waals surface area contributed by atoms with E-state index in [2.05, 4.69) is 21.2 Å². The SMILES string of the molecule is N#Cc1ccc(Nc2ccccc2SC(F)F)c(Br)c1. The van der Waals surface area contributed by atoms with Gasteiger partial charge in [-0.25, -0.2) is 0 Å². The van der Waals surface area contributed by atoms with Crippen LogP contribution in [-0.2, 0) is 0 Å². The van der Waals surface area contributed by atoms with Crippen molar-refractivity contribution in [2.24, 2.45) is 0 Å². The Labute approximate surface area is 127 Å². The van der Waals surface area contributed by atoms with Gasteiger partial charge in [0.15, 0.2) is 0 Å². The fourth-order valence-electron chi connectivity index (χ4n) is 1.60. The molecule has 0 aliphatic rings. The number of para-hydroxylation sites is 1. The van der Waals surface area contributed by atoms with Gasteiger partial charge in [-0.1, -0.05) is 23.9 Å². The molecule has 0 bridgehead atoms. The van der Waals surface area contributed by atoms with Gasteiger partial charge in [-0.3, -0.25) is 0 Å². The minimum Gasteiger partial charge on any atom is -0.354 e. The minimum absolute atomic E-state index is 0.471. The van der Waals surface area contributed by atoms with E-state index >= 15 is 0 Å². The molecule has 0 unspecified atom stereocenters. The molecule has 2 rings (SSSR count). The lowest BCUT2D eigenvalue weighted by Gasteiger charge is -2.12. The Morgan fingerprint density at radius 3 is 2.55 bits per heavy atom. The fourth-order valence-corrected chi connectivity index (χ4v) is 2.67. The van der Waals surface area contributed by atoms with Crippen molar-refractivity contribution in [3.8, 4) is 6.07 Å². The molecule has 2 aromatic carbocycles. The van der Waals surface area contributed by atoms with Crippen LogP contribution >= 0.6 is 27.7 Å². The van der Waals surface area contributed by atoms with Gasteiger partial charge in [-0.15, -0.1) is 0 Å². The van der Waals surface area contributed by atoms with Crippen LogP contribution in [0.15, 0.2) is 51.8 Å². The summed E-state index contributed by atoms with van der Waals surface area (Å²) in [5.74, 6) is -2.47. The first-order valence-corrected chi connectivity index (χ1v) is 7.28. The van der Waals surface area contributed by atoms with Gasteiger partial charge in [0.25, 0.3) is 5.76 Å². The van der Waals surface area contributed by atoms with E-state index in [4.69, 9.17) is 5.26 Å². The third-order valence-corrected chi connectivity index (χ3v) is 3.91. The molecule has 0 aliphatic heterocycles. The van der Waals surface area contributed by atoms with E-state index in [-0.39, 0.29) is 0 Å². The minimum atomic E-state index is -2.47. The quantitative estimate of drug-likeness (QED) is 0.748. The first kappa shape index (κ1) is 14.8. The van der Waals surface area contributed by atoms with Crippen LogP contribution < -0.4 is 5.32 Å². The monoisotopic (exact) mass is 354 g/mol. The maximum absolute atomic E-state index is 12.5. The van der Waals surface area contributed by atoms with E-state index in [0.29, 0.717) is 38.1 Å². The van der Waals surface area contributed by atoms with Crippen molar-refractivity contribution in [3.05, 3.63) is 52.5 Å². The smallest absolute Gasteiger partial charge is 0.288 e. The number of rotatable bonds is 4. The zero-order valence-electron chi connectivity index (χ0n) is 10.1. The van der Waals surface area contributed by atoms with Crippen molar-refractivity contribution in [1.29, 1.82) is 5.26 Å². The van der Waals surface area contributed by atoms with Crippen LogP contribution in [0.1, 0.15) is 5.56 Å². The molecule has 0 fully saturated rings. The lowest BCUT2D eigenvalue weighted by atomic mass is 10.2. The predicted octanol–water partition coefficient (Wildman–Crippen LogP) is 5.38. The number of nitriles is 1. The standard InChI is InChI=1S/C14H9BrF2N2S/c15-10-7-9(8-18)5-6-11(10)19-12-3-1-2-4-13(12)20-14(16)17/h1-7,14,19H. The van der Waals surface area contributed by atoms with Crippen LogP contribution in [0.2, 0.25) is 0 Å². The number of halogens is 3. The Morgan fingerprint density at radius 2 is 1.90 bits per heavy atom. The van der Waals surface area contributed by atoms with Gasteiger partial charge in [0, 0.05) is 9.37 Å². The number of alkyl halides is 2. The van der Waals surface area contributed by atoms with Crippen LogP contribution in [-0.4, -0.2) is 5.76 Å². The van der Waals surface area contributed by atoms with Crippen molar-refractivity contribution in [1.82, 2.24) is 0 Å². The van der Waals surface area contributed by atoms with Gasteiger partial charge in [0.05, 0.1) is 23.0 Å². The summed E-state index contributed by atoms with van der Waals surface area (Å²) in [6.45, 7) is 0. The first-order valence-electron chi connectivity index (χ1n) is 5.60. The highest BCUT2D eigenvalue weighted by Gasteiger charge is 2.10. The second-order valence-electron chi connectivity index (χ2n) is 3.81. The molecule has 1 N–H and O–H groups in total. The van der Waals surface area contributed by atoms with E-state index in [1.807, 2.05) is 6.07 Å². The molecule has 0 spiro atoms. The predicted molar refractivity (Wildman–Crippen MR) is 80.4 cm³/mol. The molecule has 0 atom stereocenters. The molecular formula is C14H9BrF2N2S. The van der Waals surface area contributed by atoms with Crippen molar-refractivity contribution in [2.75, 3.05) is 5.32 Å². The molecule has 0 saturated heterocycles. The zero-order valence-corrected chi connectivity index (χ0v) is 12.5. The summed E-state index contributed by atoms with van der Waals surface area (Å²) < 4.78 is 25.7. The van der Waals surface area contributed by atoms with Gasteiger partial charge in [0.2, 0.25) is 0 Å². The maximum Gasteiger partial charge on any atom is 0.288 e. The van der Waals surface area contributed by atoms with Crippen LogP contribution in [0.25, 0.3) is 0 Å². The summed E-state index contributed by atoms with van der Waals surface area (Å²) in [5.41, 5.74) is 1.84. The summed E-state index contributed by atoms with van der Waals surface area (Å²) in [6, 6.07) is 14.0. The summed E-state index contributed by atoms with van der Waals surface area (Å²) in [7, 11) is 0. The van der Waals surface area contributed by atoms with E-state index in [0.717, 1.165) is 0 Å². The molecule has 20 heavy (non-hydrogen) atoms. The van der Waals surface area contributed by atoms with Gasteiger partial charge in [-0.05, 0) is 46.3 Å². The highest BCUT2D eigenvalue weighted by atomic mass is 79.9. The molecule has 0 radical (unpaired) electrons. The average molecular weight is 355 g/mol. The molecule has 2 nitrogen and oxygen atoms in total. The first-order chi connectivity index (χ1) is 9.60. The van der Waals surface area contributed by atoms with Gasteiger partial charge >= 0.3 is 0 Å². The van der Waals surface area contributed by atoms with E-state index in [1.165, 1.54) is 0 Å². The van der Waals surface area contributed by atoms with Gasteiger partial charge < -0.3 is 5.32 Å². The number of benzene rings is 2. The average Bonchev–Trinajstić information content (AvgIpc) is 2.42. The zero-order chi connectivity index (χ0) is 14.5. The second kappa shape index (κ2) is 6.73. The van der Waals surface area contributed by atoms with Crippen LogP contribution in [0.5, 0.6) is 0 Å². The Hall–Kier alpha value is -1.58. The highest BCUT2D eigenvalue weighted by molar-refractivity contribution is 9.10. The van der Waals surface area contributed by atoms with Gasteiger partial charge in [-0.2, -0.15) is 14.0 Å². The number of thioether (sulfide) groups is 1. The highest BCUT2D eigenvalue weighted by Crippen LogP contribution is 2.35. The molecule has 102 valence electrons. The van der Waals surface area contributed by atoms with Crippen molar-refractivity contribution < 1.29 is 8.78 Å². The van der Waals surface area contributed by atoms with E-state index < -0.39 is 5.76 Å². The summed E-state index contributed by atoms with van der Waals surface area (Å²) in [5, 5.41) is 11.9. The van der Waals surface area contributed by atoms with Crippen LogP contribution in [0.3, 0.4) is 0 Å². The normalized spacial score (nSPS) is 10.3. The van der Waals surface area contributed by atoms with E-state index in [9.17, 15) is 8.78 Å². The van der Waals surface area contributed by atoms with E-state index in [1.54, 1.807) is 42.5 Å². The van der Waals surface area contributed by atoms with Crippen molar-refractivity contribution >= 4 is 39.1 Å². The third kappa shape index (κ3) is 3.71. The second-order valence-corrected chi connectivity index (χ2v) is 5.69. The Balaban J connectivity index is 2.28. The third-order valence-electron chi connectivity index (χ3n) is 2.47. The summed E-state index contributed by atoms with van der Waals surface area (Å²) >= 11 is 3.85. The Kier molecular flexibility index (Phi) is 4.99. The lowest BCUT2D eigenvalue weighted by Crippen LogP contribution is -1.95. The Bertz CT molecular complexity index is 656. The lowest BCUT2D eigenvalue weighted by molar-refractivity contribution is 0.252. The summed E-state index contributed by atoms with van der Waals surface area (Å²) in [6.07, 6.45) is 0. The molecular weight excluding hydrogens is 346 g/mol. The molecule has 6 heteroatoms. The number of anilines is 2. The van der Waals surface area contributed by atoms with Crippen molar-refractivity contribution in [3.63, 3.8) is 0 Å². The molecule has 0 aromatic heterocycles.